The van der Waals surface area contributed by atoms with Crippen molar-refractivity contribution in [2.24, 2.45) is 0 Å². The lowest BCUT2D eigenvalue weighted by Crippen LogP contribution is -2.39. The Morgan fingerprint density at radius 2 is 0.385 bits per heavy atom. The highest BCUT2D eigenvalue weighted by atomic mass is 32.2. The average molecular weight is 2210 g/mol. The van der Waals surface area contributed by atoms with Crippen molar-refractivity contribution < 1.29 is 86.0 Å². The van der Waals surface area contributed by atoms with E-state index in [4.69, 9.17) is 18.9 Å². The van der Waals surface area contributed by atoms with E-state index in [1.807, 2.05) is 51.4 Å². The lowest BCUT2D eigenvalue weighted by Gasteiger charge is -2.26. The zero-order valence-corrected chi connectivity index (χ0v) is 102. The maximum atomic E-state index is 11.9. The van der Waals surface area contributed by atoms with Crippen LogP contribution in [0.25, 0.3) is 0 Å². The van der Waals surface area contributed by atoms with Gasteiger partial charge in [0, 0.05) is 124 Å². The quantitative estimate of drug-likeness (QED) is 0.0190. The Morgan fingerprint density at radius 1 is 0.216 bits per heavy atom. The number of Topliss-reactive ketones (excluding diaryl/α,β-unsaturated/α-hetero) is 2. The van der Waals surface area contributed by atoms with Gasteiger partial charge < -0.3 is 49.7 Å². The average Bonchev–Trinajstić information content (AvgIpc) is 0.893. The van der Waals surface area contributed by atoms with Gasteiger partial charge in [-0.15, -0.1) is 0 Å². The Balaban J connectivity index is -0.000000411. The summed E-state index contributed by atoms with van der Waals surface area (Å²) >= 11 is 9.42. The number of hydrogen-bond acceptors (Lipinski definition) is 24. The van der Waals surface area contributed by atoms with Crippen LogP contribution in [0.3, 0.4) is 0 Å². The molecule has 148 heavy (non-hydrogen) atoms. The second-order valence-electron chi connectivity index (χ2n) is 39.3. The third-order valence-electron chi connectivity index (χ3n) is 25.6. The monoisotopic (exact) mass is 2210 g/mol. The first-order valence-electron chi connectivity index (χ1n) is 59.2. The van der Waals surface area contributed by atoms with Gasteiger partial charge >= 0.3 is 35.8 Å². The Morgan fingerprint density at radius 3 is 0.541 bits per heavy atom. The van der Waals surface area contributed by atoms with E-state index in [1.165, 1.54) is 423 Å². The number of amides is 4. The number of ketones is 2. The van der Waals surface area contributed by atoms with Gasteiger partial charge in [0.2, 0.25) is 23.6 Å². The van der Waals surface area contributed by atoms with Crippen LogP contribution in [0.2, 0.25) is 0 Å². The summed E-state index contributed by atoms with van der Waals surface area (Å²) in [7, 11) is 2.69. The van der Waals surface area contributed by atoms with Crippen molar-refractivity contribution in [1.29, 1.82) is 0 Å². The molecule has 28 heteroatoms. The smallest absolute Gasteiger partial charge is 0.330 e. The lowest BCUT2D eigenvalue weighted by molar-refractivity contribution is -0.164. The first-order chi connectivity index (χ1) is 72.0. The number of unbranched alkanes of at least 4 members (excludes halogenated alkanes) is 60. The van der Waals surface area contributed by atoms with Crippen molar-refractivity contribution in [2.45, 2.75) is 554 Å². The molecule has 4 unspecified atom stereocenters. The maximum absolute atomic E-state index is 11.9. The van der Waals surface area contributed by atoms with Gasteiger partial charge in [-0.1, -0.05) is 440 Å². The van der Waals surface area contributed by atoms with E-state index in [-0.39, 0.29) is 97.0 Å². The molecule has 0 spiro atoms. The summed E-state index contributed by atoms with van der Waals surface area (Å²) in [5.41, 5.74) is 0. The van der Waals surface area contributed by atoms with Gasteiger partial charge in [0.05, 0.1) is 39.9 Å². The summed E-state index contributed by atoms with van der Waals surface area (Å²) in [5, 5.41) is 11.6. The topological polar surface area (TPSA) is 308 Å². The molecule has 0 aliphatic carbocycles. The van der Waals surface area contributed by atoms with Crippen LogP contribution in [0.5, 0.6) is 0 Å². The molecule has 0 aliphatic rings. The van der Waals surface area contributed by atoms with Crippen LogP contribution >= 0.6 is 70.6 Å². The third-order valence-corrected chi connectivity index (χ3v) is 29.5. The number of thioether (sulfide) groups is 6. The minimum Gasteiger partial charge on any atom is -0.469 e. The summed E-state index contributed by atoms with van der Waals surface area (Å²) in [6, 6.07) is 0. The largest absolute Gasteiger partial charge is 0.469 e. The number of carbonyl (C=O) groups excluding carboxylic acids is 12. The van der Waals surface area contributed by atoms with Crippen LogP contribution in [0.4, 0.5) is 0 Å². The van der Waals surface area contributed by atoms with E-state index in [2.05, 4.69) is 71.6 Å². The van der Waals surface area contributed by atoms with Crippen molar-refractivity contribution in [3.63, 3.8) is 0 Å². The predicted octanol–water partition coefficient (Wildman–Crippen LogP) is 31.8. The molecule has 0 heterocycles. The number of esters is 6. The molecular formula is C120H228N4O18S6. The SMILES string of the molecule is C=CC(=O)OC(CSC)C(CSC)OC(=O)C=C.CCCCCCCCCCCCCCCCCCNC(=O)CCC(=O)CC.CCCCCCCCCCCCCCCCCCNC(=O)CCC(=O)CC.CCCCCCCCCCCCCCCCCCNC(=O)CCC(=O)OC.CCCCCCCCCCCCCCCCCCNC(=O)CCC(=O)OC.CSCCC(=O)OC(CSC)C(CSC)OC(=O)CCSC. The van der Waals surface area contributed by atoms with Gasteiger partial charge in [-0.05, 0) is 63.2 Å². The highest BCUT2D eigenvalue weighted by Gasteiger charge is 2.30. The van der Waals surface area contributed by atoms with Gasteiger partial charge in [-0.2, -0.15) is 70.6 Å². The van der Waals surface area contributed by atoms with Crippen molar-refractivity contribution in [1.82, 2.24) is 21.3 Å². The minimum absolute atomic E-state index is 0.0257. The van der Waals surface area contributed by atoms with Crippen LogP contribution in [0.1, 0.15) is 530 Å². The molecule has 0 aromatic heterocycles. The summed E-state index contributed by atoms with van der Waals surface area (Å²) in [6.45, 7) is 22.5. The van der Waals surface area contributed by atoms with Gasteiger partial charge in [-0.3, -0.25) is 47.9 Å². The van der Waals surface area contributed by atoms with E-state index in [9.17, 15) is 57.5 Å². The van der Waals surface area contributed by atoms with Crippen molar-refractivity contribution in [2.75, 3.05) is 112 Å². The van der Waals surface area contributed by atoms with Gasteiger partial charge in [0.25, 0.3) is 0 Å². The molecule has 872 valence electrons. The zero-order valence-electron chi connectivity index (χ0n) is 97.5. The molecule has 0 aromatic rings. The van der Waals surface area contributed by atoms with Crippen molar-refractivity contribution in [3.8, 4) is 0 Å². The van der Waals surface area contributed by atoms with Crippen LogP contribution < -0.4 is 21.3 Å². The van der Waals surface area contributed by atoms with Crippen LogP contribution in [-0.2, 0) is 86.0 Å². The molecule has 0 aromatic carbocycles. The molecule has 0 fully saturated rings. The normalized spacial score (nSPS) is 11.5. The number of rotatable bonds is 104. The molecule has 0 rings (SSSR count). The summed E-state index contributed by atoms with van der Waals surface area (Å²) < 4.78 is 30.5. The Bertz CT molecular complexity index is 2680. The number of methoxy groups -OCH3 is 2. The molecular weight excluding hydrogens is 1980 g/mol. The molecule has 4 amide bonds. The van der Waals surface area contributed by atoms with Gasteiger partial charge in [0.15, 0.2) is 0 Å². The molecule has 0 radical (unpaired) electrons. The highest BCUT2D eigenvalue weighted by molar-refractivity contribution is 7.99. The van der Waals surface area contributed by atoms with E-state index < -0.39 is 24.1 Å². The fourth-order valence-corrected chi connectivity index (χ4v) is 19.4. The van der Waals surface area contributed by atoms with Crippen LogP contribution in [0.15, 0.2) is 25.3 Å². The highest BCUT2D eigenvalue weighted by Crippen LogP contribution is 2.23. The molecule has 0 saturated carbocycles. The molecule has 0 bridgehead atoms. The summed E-state index contributed by atoms with van der Waals surface area (Å²) in [5.74, 6) is 2.00. The first kappa shape index (κ1) is 154. The molecule has 22 nitrogen and oxygen atoms in total. The third kappa shape index (κ3) is 129. The predicted molar refractivity (Wildman–Crippen MR) is 641 cm³/mol. The van der Waals surface area contributed by atoms with Crippen LogP contribution in [-0.4, -0.2) is 208 Å². The lowest BCUT2D eigenvalue weighted by atomic mass is 10.0. The van der Waals surface area contributed by atoms with E-state index in [1.54, 1.807) is 47.0 Å². The molecule has 0 aliphatic heterocycles. The Kier molecular flexibility index (Phi) is 137. The Hall–Kier alpha value is -4.38. The number of ether oxygens (including phenoxy) is 6. The summed E-state index contributed by atoms with van der Waals surface area (Å²) in [4.78, 5) is 137. The van der Waals surface area contributed by atoms with E-state index >= 15 is 0 Å². The standard InChI is InChI=1S/2C24H47NO2.2C23H45NO3.C14H26O4S4.C12H18O4S2/c2*1-3-5-6-7-8-9-10-11-12-13-14-15-16-17-18-19-22-25-24(27)21-20-23(26)4-2;2*1-3-4-5-6-7-8-9-10-11-12-13-14-15-16-17-18-21-24-22(25)19-20-23(26)27-2;1-19-7-5-13(15)17-11(9-21-3)12(10-22-4)18-14(16)6-8-20-2;1-5-11(13)15-9(7-17-3)10(8-18-4)16-12(14)6-2/h2*3-22H2,1-2H3,(H,25,27);2*3-21H2,1-2H3,(H,24,25);11-12H,5-10H2,1-4H3;5-6,9-10H,1-2,7-8H2,3-4H3. The Labute approximate surface area is 933 Å². The molecule has 4 N–H and O–H groups in total. The molecule has 0 saturated heterocycles. The number of carbonyl (C=O) groups is 12. The van der Waals surface area contributed by atoms with E-state index in [0.717, 1.165) is 75.5 Å². The van der Waals surface area contributed by atoms with E-state index in [0.29, 0.717) is 74.4 Å². The first-order valence-corrected chi connectivity index (χ1v) is 67.6. The zero-order chi connectivity index (χ0) is 111. The summed E-state index contributed by atoms with van der Waals surface area (Å²) in [6.07, 6.45) is 103. The maximum Gasteiger partial charge on any atom is 0.330 e. The fourth-order valence-electron chi connectivity index (χ4n) is 16.2. The van der Waals surface area contributed by atoms with Crippen molar-refractivity contribution in [3.05, 3.63) is 25.3 Å². The number of hydrogen-bond donors (Lipinski definition) is 4. The number of nitrogens with one attached hydrogen (secondary N) is 4. The van der Waals surface area contributed by atoms with Crippen LogP contribution in [0, 0.1) is 0 Å². The van der Waals surface area contributed by atoms with Gasteiger partial charge in [-0.25, -0.2) is 9.59 Å². The second-order valence-corrected chi connectivity index (χ2v) is 44.9. The van der Waals surface area contributed by atoms with Gasteiger partial charge in [0.1, 0.15) is 36.0 Å². The van der Waals surface area contributed by atoms with Crippen molar-refractivity contribution >= 4 is 142 Å². The molecule has 4 atom stereocenters. The minimum atomic E-state index is -0.519. The second kappa shape index (κ2) is 131. The fraction of sp³-hybridized carbons (Fsp3) is 0.867.